The first-order valence-electron chi connectivity index (χ1n) is 12.4. The number of rotatable bonds is 8. The van der Waals surface area contributed by atoms with Crippen LogP contribution in [0.5, 0.6) is 0 Å². The van der Waals surface area contributed by atoms with Crippen molar-refractivity contribution >= 4 is 22.6 Å². The van der Waals surface area contributed by atoms with Crippen LogP contribution in [0.3, 0.4) is 0 Å². The Morgan fingerprint density at radius 3 is 2.43 bits per heavy atom. The van der Waals surface area contributed by atoms with Crippen LogP contribution in [0.2, 0.25) is 0 Å². The summed E-state index contributed by atoms with van der Waals surface area (Å²) in [5.74, 6) is -0.582. The van der Waals surface area contributed by atoms with Gasteiger partial charge in [-0.1, -0.05) is 24.3 Å². The molecule has 1 unspecified atom stereocenters. The first-order valence-corrected chi connectivity index (χ1v) is 12.4. The van der Waals surface area contributed by atoms with E-state index in [4.69, 9.17) is 9.72 Å². The molecule has 0 aliphatic carbocycles. The molecule has 4 aromatic rings. The van der Waals surface area contributed by atoms with Gasteiger partial charge in [0.1, 0.15) is 0 Å². The van der Waals surface area contributed by atoms with Crippen LogP contribution in [-0.4, -0.2) is 35.7 Å². The molecule has 0 amide bonds. The normalized spacial score (nSPS) is 12.1. The Hall–Kier alpha value is -3.60. The smallest absolute Gasteiger partial charge is 0.339 e. The number of benzene rings is 2. The molecule has 0 aliphatic rings. The highest BCUT2D eigenvalue weighted by Crippen LogP contribution is 2.42. The van der Waals surface area contributed by atoms with Crippen molar-refractivity contribution in [3.05, 3.63) is 94.4 Å². The number of methoxy groups -OCH3 is 1. The Kier molecular flexibility index (Phi) is 7.25. The van der Waals surface area contributed by atoms with Gasteiger partial charge in [0.05, 0.1) is 24.3 Å². The summed E-state index contributed by atoms with van der Waals surface area (Å²) in [5, 5.41) is 1.19. The van der Waals surface area contributed by atoms with Crippen LogP contribution in [0.4, 0.5) is 5.69 Å². The standard InChI is InChI=1S/C30H35N3O2/c1-7-32(8-2)22-16-17-23(20(4)19-22)28(29-25(30(34)35-6)14-12-18-31-29)27-21(5)33(9-3)26-15-11-10-13-24(26)27/h10-19,28H,7-9H2,1-6H3. The summed E-state index contributed by atoms with van der Waals surface area (Å²) in [4.78, 5) is 20.0. The lowest BCUT2D eigenvalue weighted by molar-refractivity contribution is 0.0598. The second kappa shape index (κ2) is 10.3. The van der Waals surface area contributed by atoms with Crippen molar-refractivity contribution in [3.63, 3.8) is 0 Å². The fourth-order valence-corrected chi connectivity index (χ4v) is 5.37. The molecule has 2 aromatic carbocycles. The number of nitrogens with zero attached hydrogens (tertiary/aromatic N) is 3. The number of hydrogen-bond acceptors (Lipinski definition) is 4. The zero-order valence-electron chi connectivity index (χ0n) is 21.6. The number of aryl methyl sites for hydroxylation is 2. The molecule has 1 atom stereocenters. The molecular formula is C30H35N3O2. The Bertz CT molecular complexity index is 1350. The molecule has 35 heavy (non-hydrogen) atoms. The van der Waals surface area contributed by atoms with Gasteiger partial charge in [0.15, 0.2) is 0 Å². The van der Waals surface area contributed by atoms with Crippen LogP contribution in [0.15, 0.2) is 60.8 Å². The molecule has 0 aliphatic heterocycles. The van der Waals surface area contributed by atoms with Gasteiger partial charge in [0.2, 0.25) is 0 Å². The number of para-hydroxylation sites is 1. The number of esters is 1. The number of carbonyl (C=O) groups excluding carboxylic acids is 1. The Balaban J connectivity index is 2.05. The Morgan fingerprint density at radius 1 is 1.03 bits per heavy atom. The van der Waals surface area contributed by atoms with E-state index in [9.17, 15) is 4.79 Å². The molecule has 0 bridgehead atoms. The lowest BCUT2D eigenvalue weighted by atomic mass is 9.82. The summed E-state index contributed by atoms with van der Waals surface area (Å²) in [5.41, 5.74) is 8.32. The molecule has 0 N–H and O–H groups in total. The number of ether oxygens (including phenoxy) is 1. The predicted molar refractivity (Wildman–Crippen MR) is 144 cm³/mol. The number of anilines is 1. The SMILES string of the molecule is CCN(CC)c1ccc(C(c2ncccc2C(=O)OC)c2c(C)n(CC)c3ccccc23)c(C)c1. The zero-order chi connectivity index (χ0) is 25.1. The van der Waals surface area contributed by atoms with Gasteiger partial charge in [-0.15, -0.1) is 0 Å². The van der Waals surface area contributed by atoms with E-state index < -0.39 is 0 Å². The molecule has 0 radical (unpaired) electrons. The number of aromatic nitrogens is 2. The topological polar surface area (TPSA) is 47.4 Å². The van der Waals surface area contributed by atoms with E-state index in [0.717, 1.165) is 30.9 Å². The minimum Gasteiger partial charge on any atom is -0.465 e. The van der Waals surface area contributed by atoms with Gasteiger partial charge in [-0.2, -0.15) is 0 Å². The molecule has 0 saturated carbocycles. The van der Waals surface area contributed by atoms with Crippen LogP contribution in [0.25, 0.3) is 10.9 Å². The van der Waals surface area contributed by atoms with Crippen LogP contribution >= 0.6 is 0 Å². The summed E-state index contributed by atoms with van der Waals surface area (Å²) < 4.78 is 7.51. The molecule has 5 heteroatoms. The fourth-order valence-electron chi connectivity index (χ4n) is 5.37. The maximum atomic E-state index is 12.8. The van der Waals surface area contributed by atoms with Crippen molar-refractivity contribution in [3.8, 4) is 0 Å². The predicted octanol–water partition coefficient (Wildman–Crippen LogP) is 6.49. The summed E-state index contributed by atoms with van der Waals surface area (Å²) in [6, 6.07) is 18.8. The quantitative estimate of drug-likeness (QED) is 0.277. The van der Waals surface area contributed by atoms with E-state index in [0.29, 0.717) is 5.56 Å². The summed E-state index contributed by atoms with van der Waals surface area (Å²) in [6.45, 7) is 13.6. The van der Waals surface area contributed by atoms with Gasteiger partial charge < -0.3 is 14.2 Å². The molecule has 5 nitrogen and oxygen atoms in total. The average Bonchev–Trinajstić information content (AvgIpc) is 3.17. The third-order valence-corrected chi connectivity index (χ3v) is 7.09. The van der Waals surface area contributed by atoms with E-state index in [-0.39, 0.29) is 11.9 Å². The van der Waals surface area contributed by atoms with Crippen LogP contribution in [0, 0.1) is 13.8 Å². The van der Waals surface area contributed by atoms with Gasteiger partial charge in [-0.05, 0) is 81.6 Å². The molecule has 2 heterocycles. The molecule has 0 spiro atoms. The van der Waals surface area contributed by atoms with E-state index in [1.807, 2.05) is 6.07 Å². The Labute approximate surface area is 208 Å². The van der Waals surface area contributed by atoms with E-state index in [2.05, 4.69) is 86.6 Å². The minimum absolute atomic E-state index is 0.214. The molecule has 4 rings (SSSR count). The van der Waals surface area contributed by atoms with Gasteiger partial charge in [0.25, 0.3) is 0 Å². The summed E-state index contributed by atoms with van der Waals surface area (Å²) >= 11 is 0. The molecule has 0 saturated heterocycles. The second-order valence-corrected chi connectivity index (χ2v) is 8.83. The van der Waals surface area contributed by atoms with Crippen molar-refractivity contribution in [1.82, 2.24) is 9.55 Å². The highest BCUT2D eigenvalue weighted by Gasteiger charge is 2.30. The van der Waals surface area contributed by atoms with Crippen molar-refractivity contribution in [2.45, 2.75) is 47.1 Å². The van der Waals surface area contributed by atoms with Crippen molar-refractivity contribution in [2.24, 2.45) is 0 Å². The van der Waals surface area contributed by atoms with Crippen molar-refractivity contribution in [2.75, 3.05) is 25.1 Å². The lowest BCUT2D eigenvalue weighted by Gasteiger charge is -2.26. The zero-order valence-corrected chi connectivity index (χ0v) is 21.6. The van der Waals surface area contributed by atoms with Crippen molar-refractivity contribution < 1.29 is 9.53 Å². The third kappa shape index (κ3) is 4.31. The minimum atomic E-state index is -0.368. The fraction of sp³-hybridized carbons (Fsp3) is 0.333. The first kappa shape index (κ1) is 24.5. The maximum Gasteiger partial charge on any atom is 0.339 e. The van der Waals surface area contributed by atoms with Gasteiger partial charge in [-0.25, -0.2) is 4.79 Å². The van der Waals surface area contributed by atoms with Gasteiger partial charge in [-0.3, -0.25) is 4.98 Å². The van der Waals surface area contributed by atoms with E-state index in [1.165, 1.54) is 40.5 Å². The lowest BCUT2D eigenvalue weighted by Crippen LogP contribution is -2.22. The Morgan fingerprint density at radius 2 is 1.77 bits per heavy atom. The summed E-state index contributed by atoms with van der Waals surface area (Å²) in [6.07, 6.45) is 1.77. The number of carbonyl (C=O) groups is 1. The van der Waals surface area contributed by atoms with Gasteiger partial charge in [0, 0.05) is 48.1 Å². The largest absolute Gasteiger partial charge is 0.465 e. The maximum absolute atomic E-state index is 12.8. The highest BCUT2D eigenvalue weighted by atomic mass is 16.5. The third-order valence-electron chi connectivity index (χ3n) is 7.09. The van der Waals surface area contributed by atoms with Crippen LogP contribution in [0.1, 0.15) is 65.1 Å². The molecule has 182 valence electrons. The first-order chi connectivity index (χ1) is 17.0. The van der Waals surface area contributed by atoms with Gasteiger partial charge >= 0.3 is 5.97 Å². The molecule has 0 fully saturated rings. The van der Waals surface area contributed by atoms with Crippen LogP contribution in [-0.2, 0) is 11.3 Å². The number of pyridine rings is 1. The van der Waals surface area contributed by atoms with E-state index >= 15 is 0 Å². The average molecular weight is 470 g/mol. The number of fused-ring (bicyclic) bond motifs is 1. The van der Waals surface area contributed by atoms with Crippen LogP contribution < -0.4 is 4.90 Å². The highest BCUT2D eigenvalue weighted by molar-refractivity contribution is 5.92. The molecule has 2 aromatic heterocycles. The number of hydrogen-bond donors (Lipinski definition) is 0. The molecular weight excluding hydrogens is 434 g/mol. The second-order valence-electron chi connectivity index (χ2n) is 8.83. The monoisotopic (exact) mass is 469 g/mol. The van der Waals surface area contributed by atoms with Crippen molar-refractivity contribution in [1.29, 1.82) is 0 Å². The summed E-state index contributed by atoms with van der Waals surface area (Å²) in [7, 11) is 1.42. The van der Waals surface area contributed by atoms with E-state index in [1.54, 1.807) is 12.3 Å².